The monoisotopic (exact) mass is 390 g/mol. The largest absolute Gasteiger partial charge is 0.497 e. The van der Waals surface area contributed by atoms with Crippen LogP contribution in [0.1, 0.15) is 24.2 Å². The van der Waals surface area contributed by atoms with E-state index in [0.29, 0.717) is 17.1 Å². The van der Waals surface area contributed by atoms with E-state index in [1.807, 2.05) is 12.1 Å². The van der Waals surface area contributed by atoms with Gasteiger partial charge in [-0.25, -0.2) is 4.98 Å². The van der Waals surface area contributed by atoms with E-state index >= 15 is 0 Å². The van der Waals surface area contributed by atoms with E-state index in [4.69, 9.17) is 4.74 Å². The first-order valence-corrected chi connectivity index (χ1v) is 9.66. The van der Waals surface area contributed by atoms with Gasteiger partial charge in [0.25, 0.3) is 5.91 Å². The van der Waals surface area contributed by atoms with Crippen molar-refractivity contribution in [1.29, 1.82) is 0 Å². The summed E-state index contributed by atoms with van der Waals surface area (Å²) in [6.07, 6.45) is 1.56. The second-order valence-electron chi connectivity index (χ2n) is 6.46. The van der Waals surface area contributed by atoms with Crippen molar-refractivity contribution in [2.75, 3.05) is 35.7 Å². The van der Waals surface area contributed by atoms with Crippen LogP contribution in [0.3, 0.4) is 0 Å². The Balaban J connectivity index is 1.61. The molecule has 2 aromatic carbocycles. The molecule has 1 amide bonds. The lowest BCUT2D eigenvalue weighted by atomic mass is 10.2. The zero-order valence-electron chi connectivity index (χ0n) is 17.0. The molecule has 0 bridgehead atoms. The van der Waals surface area contributed by atoms with Crippen molar-refractivity contribution in [3.63, 3.8) is 0 Å². The Morgan fingerprint density at radius 3 is 2.14 bits per heavy atom. The van der Waals surface area contributed by atoms with E-state index in [9.17, 15) is 4.79 Å². The number of ether oxygens (including phenoxy) is 1. The van der Waals surface area contributed by atoms with Gasteiger partial charge in [-0.05, 0) is 74.5 Å². The molecule has 3 rings (SSSR count). The summed E-state index contributed by atoms with van der Waals surface area (Å²) in [5.74, 6) is 1.21. The molecule has 0 atom stereocenters. The van der Waals surface area contributed by atoms with Crippen LogP contribution in [0, 0.1) is 0 Å². The summed E-state index contributed by atoms with van der Waals surface area (Å²) in [5, 5.41) is 6.11. The highest BCUT2D eigenvalue weighted by atomic mass is 16.5. The summed E-state index contributed by atoms with van der Waals surface area (Å²) < 4.78 is 5.12. The van der Waals surface area contributed by atoms with Gasteiger partial charge in [-0.1, -0.05) is 0 Å². The maximum absolute atomic E-state index is 12.4. The predicted octanol–water partition coefficient (Wildman–Crippen LogP) is 4.93. The number of hydrogen-bond acceptors (Lipinski definition) is 5. The number of hydrogen-bond donors (Lipinski definition) is 2. The van der Waals surface area contributed by atoms with Gasteiger partial charge in [0.05, 0.1) is 12.7 Å². The number of nitrogens with zero attached hydrogens (tertiary/aromatic N) is 2. The van der Waals surface area contributed by atoms with Gasteiger partial charge >= 0.3 is 0 Å². The summed E-state index contributed by atoms with van der Waals surface area (Å²) >= 11 is 0. The molecule has 0 saturated carbocycles. The second-order valence-corrected chi connectivity index (χ2v) is 6.46. The first kappa shape index (κ1) is 20.2. The van der Waals surface area contributed by atoms with Crippen LogP contribution >= 0.6 is 0 Å². The second kappa shape index (κ2) is 9.59. The van der Waals surface area contributed by atoms with E-state index in [-0.39, 0.29) is 5.91 Å². The molecular formula is C23H26N4O2. The lowest BCUT2D eigenvalue weighted by Gasteiger charge is -2.21. The minimum Gasteiger partial charge on any atom is -0.497 e. The minimum atomic E-state index is -0.210. The van der Waals surface area contributed by atoms with Gasteiger partial charge in [0.1, 0.15) is 11.6 Å². The van der Waals surface area contributed by atoms with Crippen molar-refractivity contribution in [1.82, 2.24) is 4.98 Å². The van der Waals surface area contributed by atoms with E-state index in [1.165, 1.54) is 5.69 Å². The molecule has 1 aromatic heterocycles. The molecule has 0 fully saturated rings. The Morgan fingerprint density at radius 1 is 0.931 bits per heavy atom. The van der Waals surface area contributed by atoms with Crippen LogP contribution in [0.5, 0.6) is 5.75 Å². The molecule has 150 valence electrons. The van der Waals surface area contributed by atoms with Crippen molar-refractivity contribution in [3.05, 3.63) is 72.4 Å². The third-order valence-corrected chi connectivity index (χ3v) is 4.64. The Hall–Kier alpha value is -3.54. The van der Waals surface area contributed by atoms with Gasteiger partial charge < -0.3 is 20.3 Å². The van der Waals surface area contributed by atoms with E-state index < -0.39 is 0 Å². The third-order valence-electron chi connectivity index (χ3n) is 4.64. The fraction of sp³-hybridized carbons (Fsp3) is 0.217. The average Bonchev–Trinajstić information content (AvgIpc) is 2.77. The molecule has 2 N–H and O–H groups in total. The molecule has 0 saturated heterocycles. The molecule has 0 radical (unpaired) electrons. The van der Waals surface area contributed by atoms with Gasteiger partial charge in [-0.2, -0.15) is 0 Å². The molecule has 3 aromatic rings. The topological polar surface area (TPSA) is 66.5 Å². The number of carbonyl (C=O) groups excluding carboxylic acids is 1. The van der Waals surface area contributed by atoms with Crippen LogP contribution in [-0.2, 0) is 0 Å². The van der Waals surface area contributed by atoms with Crippen LogP contribution in [0.4, 0.5) is 22.9 Å². The number of aromatic nitrogens is 1. The SMILES string of the molecule is CCN(CC)c1ccc(Nc2ccc(C(=O)Nc3ccc(OC)cc3)cn2)cc1. The predicted molar refractivity (Wildman–Crippen MR) is 118 cm³/mol. The highest BCUT2D eigenvalue weighted by Gasteiger charge is 2.08. The first-order valence-electron chi connectivity index (χ1n) is 9.66. The van der Waals surface area contributed by atoms with Crippen molar-refractivity contribution in [2.24, 2.45) is 0 Å². The highest BCUT2D eigenvalue weighted by Crippen LogP contribution is 2.21. The Morgan fingerprint density at radius 2 is 1.59 bits per heavy atom. The summed E-state index contributed by atoms with van der Waals surface area (Å²) in [5.41, 5.74) is 3.33. The van der Waals surface area contributed by atoms with Crippen molar-refractivity contribution in [2.45, 2.75) is 13.8 Å². The number of rotatable bonds is 8. The van der Waals surface area contributed by atoms with Gasteiger partial charge in [-0.3, -0.25) is 4.79 Å². The zero-order valence-corrected chi connectivity index (χ0v) is 17.0. The molecule has 6 heteroatoms. The maximum atomic E-state index is 12.4. The lowest BCUT2D eigenvalue weighted by Crippen LogP contribution is -2.21. The number of methoxy groups -OCH3 is 1. The summed E-state index contributed by atoms with van der Waals surface area (Å²) in [7, 11) is 1.61. The molecular weight excluding hydrogens is 364 g/mol. The summed E-state index contributed by atoms with van der Waals surface area (Å²) in [6, 6.07) is 19.0. The van der Waals surface area contributed by atoms with E-state index in [1.54, 1.807) is 49.7 Å². The Bertz CT molecular complexity index is 919. The van der Waals surface area contributed by atoms with Crippen molar-refractivity contribution >= 4 is 28.8 Å². The minimum absolute atomic E-state index is 0.210. The molecule has 6 nitrogen and oxygen atoms in total. The number of nitrogens with one attached hydrogen (secondary N) is 2. The van der Waals surface area contributed by atoms with Crippen LogP contribution < -0.4 is 20.3 Å². The van der Waals surface area contributed by atoms with Crippen LogP contribution in [0.25, 0.3) is 0 Å². The molecule has 0 unspecified atom stereocenters. The Kier molecular flexibility index (Phi) is 6.68. The smallest absolute Gasteiger partial charge is 0.257 e. The molecule has 0 aliphatic carbocycles. The van der Waals surface area contributed by atoms with E-state index in [2.05, 4.69) is 46.5 Å². The van der Waals surface area contributed by atoms with Gasteiger partial charge in [0.2, 0.25) is 0 Å². The molecule has 0 spiro atoms. The summed E-state index contributed by atoms with van der Waals surface area (Å²) in [4.78, 5) is 19.0. The number of anilines is 4. The molecule has 29 heavy (non-hydrogen) atoms. The van der Waals surface area contributed by atoms with Crippen LogP contribution in [0.2, 0.25) is 0 Å². The van der Waals surface area contributed by atoms with Gasteiger partial charge in [-0.15, -0.1) is 0 Å². The first-order chi connectivity index (χ1) is 14.1. The van der Waals surface area contributed by atoms with Gasteiger partial charge in [0.15, 0.2) is 0 Å². The maximum Gasteiger partial charge on any atom is 0.257 e. The number of amides is 1. The van der Waals surface area contributed by atoms with Crippen molar-refractivity contribution < 1.29 is 9.53 Å². The number of benzene rings is 2. The highest BCUT2D eigenvalue weighted by molar-refractivity contribution is 6.04. The number of carbonyl (C=O) groups is 1. The third kappa shape index (κ3) is 5.25. The quantitative estimate of drug-likeness (QED) is 0.571. The molecule has 0 aliphatic heterocycles. The fourth-order valence-corrected chi connectivity index (χ4v) is 2.97. The van der Waals surface area contributed by atoms with Crippen LogP contribution in [0.15, 0.2) is 66.9 Å². The normalized spacial score (nSPS) is 10.3. The Labute approximate surface area is 171 Å². The average molecular weight is 390 g/mol. The standard InChI is InChI=1S/C23H26N4O2/c1-4-27(5-2)20-11-7-18(8-12-20)25-22-15-6-17(16-24-22)23(28)26-19-9-13-21(29-3)14-10-19/h6-16H,4-5H2,1-3H3,(H,24,25)(H,26,28). The lowest BCUT2D eigenvalue weighted by molar-refractivity contribution is 0.102. The molecule has 1 heterocycles. The molecule has 0 aliphatic rings. The van der Waals surface area contributed by atoms with Crippen LogP contribution in [-0.4, -0.2) is 31.1 Å². The zero-order chi connectivity index (χ0) is 20.6. The summed E-state index contributed by atoms with van der Waals surface area (Å²) in [6.45, 7) is 6.24. The van der Waals surface area contributed by atoms with Crippen molar-refractivity contribution in [3.8, 4) is 5.75 Å². The number of pyridine rings is 1. The fourth-order valence-electron chi connectivity index (χ4n) is 2.97. The van der Waals surface area contributed by atoms with E-state index in [0.717, 1.165) is 24.5 Å². The van der Waals surface area contributed by atoms with Gasteiger partial charge in [0, 0.05) is 36.3 Å².